The van der Waals surface area contributed by atoms with Crippen LogP contribution in [0.2, 0.25) is 0 Å². The number of benzene rings is 1. The van der Waals surface area contributed by atoms with Crippen LogP contribution in [0, 0.1) is 5.41 Å². The van der Waals surface area contributed by atoms with Crippen molar-refractivity contribution in [3.63, 3.8) is 0 Å². The minimum atomic E-state index is -2.68. The van der Waals surface area contributed by atoms with Crippen LogP contribution >= 0.6 is 0 Å². The lowest BCUT2D eigenvalue weighted by atomic mass is 9.91. The number of rotatable bonds is 7. The van der Waals surface area contributed by atoms with Gasteiger partial charge in [-0.15, -0.1) is 0 Å². The number of aryl methyl sites for hydroxylation is 1. The summed E-state index contributed by atoms with van der Waals surface area (Å²) in [6.45, 7) is 5.09. The van der Waals surface area contributed by atoms with Gasteiger partial charge in [-0.3, -0.25) is 10.2 Å². The lowest BCUT2D eigenvalue weighted by Crippen LogP contribution is -2.47. The molecule has 1 aromatic rings. The van der Waals surface area contributed by atoms with Crippen molar-refractivity contribution in [3.8, 4) is 0 Å². The standard InChI is InChI=1S/C27H39F2N7O/c1-17(37)35-11-7-24(34-20-5-8-33-9-6-20)23(16-35)27(31)36-10-3-4-18-12-21(19(14-30)15-32-2)22(26(28)29)13-25(18)36/h12-13,15,20,26,31-34H,3-11,14,16,30H2,1-2H3/b19-15+,31-27?. The lowest BCUT2D eigenvalue weighted by Gasteiger charge is -2.38. The Hall–Kier alpha value is -2.98. The van der Waals surface area contributed by atoms with E-state index in [2.05, 4.69) is 16.0 Å². The Balaban J connectivity index is 1.73. The van der Waals surface area contributed by atoms with E-state index in [1.54, 1.807) is 25.1 Å². The molecule has 0 radical (unpaired) electrons. The molecule has 8 nitrogen and oxygen atoms in total. The van der Waals surface area contributed by atoms with Gasteiger partial charge in [0.1, 0.15) is 5.84 Å². The van der Waals surface area contributed by atoms with Crippen molar-refractivity contribution >= 4 is 23.0 Å². The van der Waals surface area contributed by atoms with E-state index in [4.69, 9.17) is 5.73 Å². The number of carbonyl (C=O) groups excluding carboxylic acids is 1. The second-order valence-corrected chi connectivity index (χ2v) is 9.95. The molecule has 0 aliphatic carbocycles. The van der Waals surface area contributed by atoms with E-state index in [1.165, 1.54) is 6.07 Å². The number of amides is 1. The Morgan fingerprint density at radius 3 is 2.68 bits per heavy atom. The van der Waals surface area contributed by atoms with Gasteiger partial charge in [0, 0.05) is 74.8 Å². The summed E-state index contributed by atoms with van der Waals surface area (Å²) in [5.74, 6) is 0.252. The summed E-state index contributed by atoms with van der Waals surface area (Å²) in [6, 6.07) is 3.67. The highest BCUT2D eigenvalue weighted by Gasteiger charge is 2.31. The summed E-state index contributed by atoms with van der Waals surface area (Å²) in [7, 11) is 1.72. The molecule has 1 aromatic carbocycles. The van der Waals surface area contributed by atoms with Crippen LogP contribution in [0.25, 0.3) is 5.57 Å². The second kappa shape index (κ2) is 12.0. The maximum Gasteiger partial charge on any atom is 0.264 e. The van der Waals surface area contributed by atoms with E-state index in [0.717, 1.165) is 55.6 Å². The molecule has 3 aliphatic heterocycles. The third-order valence-corrected chi connectivity index (χ3v) is 7.55. The number of fused-ring (bicyclic) bond motifs is 1. The van der Waals surface area contributed by atoms with Crippen molar-refractivity contribution in [2.75, 3.05) is 51.2 Å². The molecule has 10 heteroatoms. The third kappa shape index (κ3) is 5.96. The van der Waals surface area contributed by atoms with E-state index < -0.39 is 6.43 Å². The van der Waals surface area contributed by atoms with E-state index in [-0.39, 0.29) is 23.9 Å². The molecule has 3 heterocycles. The average Bonchev–Trinajstić information content (AvgIpc) is 2.90. The van der Waals surface area contributed by atoms with Crippen molar-refractivity contribution in [2.24, 2.45) is 5.73 Å². The van der Waals surface area contributed by atoms with Gasteiger partial charge in [-0.2, -0.15) is 0 Å². The smallest absolute Gasteiger partial charge is 0.264 e. The summed E-state index contributed by atoms with van der Waals surface area (Å²) in [6.07, 6.45) is 3.18. The number of amidine groups is 1. The van der Waals surface area contributed by atoms with Crippen LogP contribution in [0.1, 0.15) is 55.7 Å². The maximum absolute atomic E-state index is 14.3. The van der Waals surface area contributed by atoms with Gasteiger partial charge in [0.25, 0.3) is 6.43 Å². The van der Waals surface area contributed by atoms with Crippen molar-refractivity contribution < 1.29 is 13.6 Å². The summed E-state index contributed by atoms with van der Waals surface area (Å²) >= 11 is 0. The third-order valence-electron chi connectivity index (χ3n) is 7.55. The molecule has 1 saturated heterocycles. The molecule has 0 atom stereocenters. The zero-order valence-corrected chi connectivity index (χ0v) is 21.8. The number of hydrogen-bond acceptors (Lipinski definition) is 6. The second-order valence-electron chi connectivity index (χ2n) is 9.95. The Morgan fingerprint density at radius 1 is 1.27 bits per heavy atom. The molecule has 0 spiro atoms. The molecule has 0 aromatic heterocycles. The monoisotopic (exact) mass is 515 g/mol. The highest BCUT2D eigenvalue weighted by atomic mass is 19.3. The Labute approximate surface area is 217 Å². The van der Waals surface area contributed by atoms with Crippen molar-refractivity contribution in [3.05, 3.63) is 46.3 Å². The van der Waals surface area contributed by atoms with Crippen LogP contribution in [-0.2, 0) is 11.2 Å². The number of piperidine rings is 1. The average molecular weight is 516 g/mol. The number of nitrogens with two attached hydrogens (primary N) is 1. The fourth-order valence-electron chi connectivity index (χ4n) is 5.55. The summed E-state index contributed by atoms with van der Waals surface area (Å²) in [4.78, 5) is 15.8. The number of nitrogens with zero attached hydrogens (tertiary/aromatic N) is 2. The normalized spacial score (nSPS) is 19.2. The van der Waals surface area contributed by atoms with Gasteiger partial charge >= 0.3 is 0 Å². The summed E-state index contributed by atoms with van der Waals surface area (Å²) in [5.41, 5.74) is 10.2. The van der Waals surface area contributed by atoms with Gasteiger partial charge in [0.05, 0.1) is 6.54 Å². The molecule has 0 saturated carbocycles. The fraction of sp³-hybridized carbons (Fsp3) is 0.556. The fourth-order valence-corrected chi connectivity index (χ4v) is 5.55. The van der Waals surface area contributed by atoms with E-state index in [9.17, 15) is 19.0 Å². The lowest BCUT2D eigenvalue weighted by molar-refractivity contribution is -0.128. The number of nitrogens with one attached hydrogen (secondary N) is 4. The van der Waals surface area contributed by atoms with Gasteiger partial charge in [-0.25, -0.2) is 8.78 Å². The molecule has 1 amide bonds. The largest absolute Gasteiger partial charge is 0.394 e. The van der Waals surface area contributed by atoms with E-state index >= 15 is 0 Å². The van der Waals surface area contributed by atoms with Crippen LogP contribution in [0.4, 0.5) is 14.5 Å². The molecular weight excluding hydrogens is 476 g/mol. The maximum atomic E-state index is 14.3. The Morgan fingerprint density at radius 2 is 2.03 bits per heavy atom. The van der Waals surface area contributed by atoms with Crippen LogP contribution < -0.4 is 26.6 Å². The molecule has 0 bridgehead atoms. The minimum absolute atomic E-state index is 0.0273. The molecule has 4 rings (SSSR count). The van der Waals surface area contributed by atoms with Crippen LogP contribution in [0.5, 0.6) is 0 Å². The van der Waals surface area contributed by atoms with Crippen molar-refractivity contribution in [2.45, 2.75) is 51.5 Å². The molecule has 37 heavy (non-hydrogen) atoms. The summed E-state index contributed by atoms with van der Waals surface area (Å²) < 4.78 is 28.5. The first-order valence-corrected chi connectivity index (χ1v) is 13.2. The molecule has 0 unspecified atom stereocenters. The van der Waals surface area contributed by atoms with Gasteiger partial charge < -0.3 is 31.5 Å². The van der Waals surface area contributed by atoms with Crippen LogP contribution in [-0.4, -0.2) is 69.0 Å². The Bertz CT molecular complexity index is 1080. The molecule has 202 valence electrons. The number of alkyl halides is 2. The van der Waals surface area contributed by atoms with E-state index in [0.29, 0.717) is 48.9 Å². The predicted molar refractivity (Wildman–Crippen MR) is 144 cm³/mol. The number of halogens is 2. The van der Waals surface area contributed by atoms with Crippen LogP contribution in [0.15, 0.2) is 29.6 Å². The number of carbonyl (C=O) groups is 1. The SMILES string of the molecule is CN/C=C(\CN)c1cc2c(cc1C(F)F)N(C(=N)C1=C(NC3CCNCC3)CCN(C(C)=O)C1)CCC2. The highest BCUT2D eigenvalue weighted by Crippen LogP contribution is 2.38. The highest BCUT2D eigenvalue weighted by molar-refractivity contribution is 6.09. The van der Waals surface area contributed by atoms with E-state index in [1.807, 2.05) is 11.0 Å². The van der Waals surface area contributed by atoms with Crippen molar-refractivity contribution in [1.29, 1.82) is 5.41 Å². The predicted octanol–water partition coefficient (Wildman–Crippen LogP) is 2.72. The number of anilines is 1. The quantitative estimate of drug-likeness (QED) is 0.282. The van der Waals surface area contributed by atoms with Gasteiger partial charge in [0.15, 0.2) is 0 Å². The molecule has 6 N–H and O–H groups in total. The minimum Gasteiger partial charge on any atom is -0.394 e. The zero-order chi connectivity index (χ0) is 26.5. The molecule has 3 aliphatic rings. The first-order valence-electron chi connectivity index (χ1n) is 13.2. The number of hydrogen-bond donors (Lipinski definition) is 5. The summed E-state index contributed by atoms with van der Waals surface area (Å²) in [5, 5.41) is 19.2. The van der Waals surface area contributed by atoms with Crippen LogP contribution in [0.3, 0.4) is 0 Å². The molecular formula is C27H39F2N7O. The first kappa shape index (κ1) is 27.1. The van der Waals surface area contributed by atoms with Gasteiger partial charge in [-0.05, 0) is 67.6 Å². The van der Waals surface area contributed by atoms with Gasteiger partial charge in [0.2, 0.25) is 5.91 Å². The molecule has 1 fully saturated rings. The first-order chi connectivity index (χ1) is 17.8. The zero-order valence-electron chi connectivity index (χ0n) is 21.8. The van der Waals surface area contributed by atoms with Crippen molar-refractivity contribution in [1.82, 2.24) is 20.9 Å². The van der Waals surface area contributed by atoms with Gasteiger partial charge in [-0.1, -0.05) is 0 Å². The Kier molecular flexibility index (Phi) is 8.81. The topological polar surface area (TPSA) is 110 Å².